The maximum Gasteiger partial charge on any atom is 1.00 e. The fourth-order valence-corrected chi connectivity index (χ4v) is 2.16. The molecular formula is C6H8FN2NaO5S. The fraction of sp³-hybridized carbons (Fsp3) is 0.833. The van der Waals surface area contributed by atoms with Gasteiger partial charge in [0.05, 0.1) is 6.04 Å². The van der Waals surface area contributed by atoms with Gasteiger partial charge >= 0.3 is 35.6 Å². The van der Waals surface area contributed by atoms with Gasteiger partial charge in [-0.1, -0.05) is 0 Å². The Kier molecular flexibility index (Phi) is 4.19. The van der Waals surface area contributed by atoms with Gasteiger partial charge in [-0.25, -0.2) is 17.6 Å². The summed E-state index contributed by atoms with van der Waals surface area (Å²) in [6.45, 7) is 0.0511. The number of piperidine rings is 1. The summed E-state index contributed by atoms with van der Waals surface area (Å²) in [6.07, 6.45) is -1.04. The number of carbonyl (C=O) groups excluding carboxylic acids is 1. The van der Waals surface area contributed by atoms with Gasteiger partial charge in [-0.3, -0.25) is 4.90 Å². The van der Waals surface area contributed by atoms with E-state index in [-0.39, 0.29) is 48.9 Å². The molecule has 0 saturated carbocycles. The van der Waals surface area contributed by atoms with Gasteiger partial charge in [0.1, 0.15) is 0 Å². The van der Waals surface area contributed by atoms with Crippen molar-refractivity contribution in [3.8, 4) is 0 Å². The van der Waals surface area contributed by atoms with Gasteiger partial charge in [0, 0.05) is 6.54 Å². The number of halogens is 1. The molecule has 0 radical (unpaired) electrons. The van der Waals surface area contributed by atoms with Crippen LogP contribution in [-0.4, -0.2) is 47.8 Å². The topological polar surface area (TPSA) is 90.0 Å². The number of hydrogen-bond acceptors (Lipinski definition) is 5. The van der Waals surface area contributed by atoms with E-state index in [4.69, 9.17) is 0 Å². The monoisotopic (exact) mass is 262 g/mol. The molecule has 2 fully saturated rings. The zero-order valence-corrected chi connectivity index (χ0v) is 11.3. The Morgan fingerprint density at radius 3 is 2.56 bits per heavy atom. The zero-order chi connectivity index (χ0) is 11.2. The van der Waals surface area contributed by atoms with Crippen LogP contribution in [0.5, 0.6) is 0 Å². The standard InChI is InChI=1S/C6H9FN2O5S.Na/c7-5-2-1-4-3-8(5)6(10)9(4)14-15(11,12)13;/h4-5H,1-3H2,(H,11,12,13);/q;+1/p-1. The molecule has 2 aliphatic rings. The average Bonchev–Trinajstić information content (AvgIpc) is 2.35. The molecule has 0 aromatic carbocycles. The van der Waals surface area contributed by atoms with Crippen LogP contribution in [-0.2, 0) is 14.7 Å². The van der Waals surface area contributed by atoms with Crippen molar-refractivity contribution < 1.29 is 56.0 Å². The molecule has 2 amide bonds. The van der Waals surface area contributed by atoms with Gasteiger partial charge < -0.3 is 4.55 Å². The molecule has 2 bridgehead atoms. The first-order valence-electron chi connectivity index (χ1n) is 4.28. The predicted octanol–water partition coefficient (Wildman–Crippen LogP) is -3.42. The smallest absolute Gasteiger partial charge is 0.724 e. The molecule has 10 heteroatoms. The van der Waals surface area contributed by atoms with Crippen molar-refractivity contribution in [3.63, 3.8) is 0 Å². The van der Waals surface area contributed by atoms with Crippen LogP contribution in [0.3, 0.4) is 0 Å². The molecule has 7 nitrogen and oxygen atoms in total. The Hall–Kier alpha value is 0.0700. The predicted molar refractivity (Wildman–Crippen MR) is 42.6 cm³/mol. The first kappa shape index (κ1) is 14.1. The van der Waals surface area contributed by atoms with Crippen molar-refractivity contribution >= 4 is 16.4 Å². The third kappa shape index (κ3) is 2.66. The van der Waals surface area contributed by atoms with E-state index >= 15 is 0 Å². The van der Waals surface area contributed by atoms with Crippen molar-refractivity contribution in [3.05, 3.63) is 0 Å². The van der Waals surface area contributed by atoms with E-state index in [0.717, 1.165) is 4.90 Å². The van der Waals surface area contributed by atoms with Crippen molar-refractivity contribution in [2.24, 2.45) is 0 Å². The molecule has 2 rings (SSSR count). The number of nitrogens with zero attached hydrogens (tertiary/aromatic N) is 2. The molecule has 2 aliphatic heterocycles. The van der Waals surface area contributed by atoms with Gasteiger partial charge in [0.2, 0.25) is 10.4 Å². The molecule has 2 saturated heterocycles. The summed E-state index contributed by atoms with van der Waals surface area (Å²) in [7, 11) is -4.99. The minimum Gasteiger partial charge on any atom is -0.724 e. The number of fused-ring (bicyclic) bond motifs is 2. The third-order valence-electron chi connectivity index (χ3n) is 2.42. The van der Waals surface area contributed by atoms with Crippen LogP contribution in [0.25, 0.3) is 0 Å². The summed E-state index contributed by atoms with van der Waals surface area (Å²) in [6, 6.07) is -1.47. The average molecular weight is 262 g/mol. The van der Waals surface area contributed by atoms with Crippen molar-refractivity contribution in [1.29, 1.82) is 0 Å². The normalized spacial score (nSPS) is 29.2. The SMILES string of the molecule is O=C1N2CC(CCC2F)N1OS(=O)(=O)[O-].[Na+]. The van der Waals surface area contributed by atoms with Gasteiger partial charge in [-0.15, -0.1) is 0 Å². The second-order valence-corrected chi connectivity index (χ2v) is 4.37. The van der Waals surface area contributed by atoms with E-state index < -0.39 is 28.8 Å². The van der Waals surface area contributed by atoms with Crippen molar-refractivity contribution in [1.82, 2.24) is 9.96 Å². The Morgan fingerprint density at radius 1 is 1.44 bits per heavy atom. The van der Waals surface area contributed by atoms with E-state index in [0.29, 0.717) is 5.06 Å². The van der Waals surface area contributed by atoms with Crippen LogP contribution < -0.4 is 29.6 Å². The number of hydrogen-bond donors (Lipinski definition) is 0. The van der Waals surface area contributed by atoms with Gasteiger partial charge in [-0.2, -0.15) is 9.35 Å². The van der Waals surface area contributed by atoms with Gasteiger partial charge in [0.25, 0.3) is 0 Å². The second kappa shape index (κ2) is 4.75. The summed E-state index contributed by atoms with van der Waals surface area (Å²) < 4.78 is 48.0. The summed E-state index contributed by atoms with van der Waals surface area (Å²) in [5, 5.41) is 0.446. The zero-order valence-electron chi connectivity index (χ0n) is 8.50. The number of rotatable bonds is 2. The quantitative estimate of drug-likeness (QED) is 0.224. The van der Waals surface area contributed by atoms with Gasteiger partial charge in [0.15, 0.2) is 6.30 Å². The van der Waals surface area contributed by atoms with Crippen molar-refractivity contribution in [2.75, 3.05) is 6.54 Å². The number of hydroxylamine groups is 2. The molecule has 0 aromatic rings. The number of alkyl halides is 1. The van der Waals surface area contributed by atoms with E-state index in [1.165, 1.54) is 0 Å². The minimum absolute atomic E-state index is 0. The van der Waals surface area contributed by atoms with Crippen LogP contribution in [0, 0.1) is 0 Å². The van der Waals surface area contributed by atoms with Gasteiger partial charge in [-0.05, 0) is 12.8 Å². The Morgan fingerprint density at radius 2 is 2.06 bits per heavy atom. The molecule has 16 heavy (non-hydrogen) atoms. The molecular weight excluding hydrogens is 254 g/mol. The molecule has 0 spiro atoms. The van der Waals surface area contributed by atoms with E-state index in [1.54, 1.807) is 0 Å². The largest absolute Gasteiger partial charge is 1.00 e. The number of urea groups is 1. The van der Waals surface area contributed by atoms with Crippen LogP contribution >= 0.6 is 0 Å². The van der Waals surface area contributed by atoms with E-state index in [9.17, 15) is 22.2 Å². The molecule has 2 unspecified atom stereocenters. The summed E-state index contributed by atoms with van der Waals surface area (Å²) in [5.74, 6) is 0. The maximum absolute atomic E-state index is 13.1. The Bertz CT molecular complexity index is 390. The number of amides is 2. The molecule has 0 N–H and O–H groups in total. The number of carbonyl (C=O) groups is 1. The van der Waals surface area contributed by atoms with Crippen LogP contribution in [0.15, 0.2) is 0 Å². The van der Waals surface area contributed by atoms with Crippen LogP contribution in [0.2, 0.25) is 0 Å². The second-order valence-electron chi connectivity index (χ2n) is 3.41. The Balaban J connectivity index is 0.00000128. The maximum atomic E-state index is 13.1. The molecule has 2 atom stereocenters. The van der Waals surface area contributed by atoms with E-state index in [1.807, 2.05) is 0 Å². The molecule has 2 heterocycles. The molecule has 86 valence electrons. The summed E-state index contributed by atoms with van der Waals surface area (Å²) in [4.78, 5) is 12.2. The fourth-order valence-electron chi connectivity index (χ4n) is 1.78. The third-order valence-corrected chi connectivity index (χ3v) is 2.76. The minimum atomic E-state index is -4.99. The van der Waals surface area contributed by atoms with Crippen LogP contribution in [0.1, 0.15) is 12.8 Å². The summed E-state index contributed by atoms with van der Waals surface area (Å²) in [5.41, 5.74) is 0. The van der Waals surface area contributed by atoms with Crippen molar-refractivity contribution in [2.45, 2.75) is 25.2 Å². The molecule has 0 aromatic heterocycles. The first-order valence-corrected chi connectivity index (χ1v) is 5.61. The first-order chi connectivity index (χ1) is 6.88. The summed E-state index contributed by atoms with van der Waals surface area (Å²) >= 11 is 0. The van der Waals surface area contributed by atoms with Crippen LogP contribution in [0.4, 0.5) is 9.18 Å². The molecule has 0 aliphatic carbocycles. The Labute approximate surface area is 114 Å². The van der Waals surface area contributed by atoms with E-state index in [2.05, 4.69) is 4.28 Å².